The molecule has 0 aliphatic heterocycles. The Hall–Kier alpha value is -2.01. The van der Waals surface area contributed by atoms with Crippen molar-refractivity contribution in [1.29, 1.82) is 0 Å². The number of carbonyl (C=O) groups is 1. The van der Waals surface area contributed by atoms with Gasteiger partial charge in [0.15, 0.2) is 0 Å². The zero-order valence-electron chi connectivity index (χ0n) is 10.2. The fraction of sp³-hybridized carbons (Fsp3) is 0.0714. The molecule has 0 atom stereocenters. The lowest BCUT2D eigenvalue weighted by Gasteiger charge is -2.11. The maximum atomic E-state index is 11.0. The van der Waals surface area contributed by atoms with Crippen LogP contribution in [0.4, 0.5) is 11.4 Å². The third-order valence-electron chi connectivity index (χ3n) is 2.76. The van der Waals surface area contributed by atoms with Gasteiger partial charge in [-0.3, -0.25) is 4.79 Å². The maximum absolute atomic E-state index is 11.0. The Kier molecular flexibility index (Phi) is 4.06. The van der Waals surface area contributed by atoms with Crippen LogP contribution in [0, 0.1) is 0 Å². The highest BCUT2D eigenvalue weighted by atomic mass is 79.9. The molecular weight excluding hydrogens is 306 g/mol. The van der Waals surface area contributed by atoms with Gasteiger partial charge >= 0.3 is 0 Å². The molecule has 2 aromatic carbocycles. The molecule has 19 heavy (non-hydrogen) atoms. The average molecular weight is 320 g/mol. The van der Waals surface area contributed by atoms with Crippen LogP contribution in [-0.2, 0) is 6.54 Å². The quantitative estimate of drug-likeness (QED) is 0.758. The molecule has 2 rings (SSSR count). The van der Waals surface area contributed by atoms with Crippen LogP contribution in [0.5, 0.6) is 0 Å². The summed E-state index contributed by atoms with van der Waals surface area (Å²) in [5, 5.41) is 3.23. The molecule has 0 saturated carbocycles. The number of benzene rings is 2. The second-order valence-corrected chi connectivity index (χ2v) is 4.97. The minimum absolute atomic E-state index is 0.406. The number of amides is 1. The third-order valence-corrected chi connectivity index (χ3v) is 3.54. The Morgan fingerprint density at radius 2 is 1.95 bits per heavy atom. The molecule has 0 unspecified atom stereocenters. The molecule has 5 heteroatoms. The van der Waals surface area contributed by atoms with Crippen molar-refractivity contribution >= 4 is 33.2 Å². The summed E-state index contributed by atoms with van der Waals surface area (Å²) in [6, 6.07) is 12.9. The predicted octanol–water partition coefficient (Wildman–Crippen LogP) is 2.74. The van der Waals surface area contributed by atoms with Crippen LogP contribution in [0.2, 0.25) is 0 Å². The first-order chi connectivity index (χ1) is 9.08. The molecule has 0 aromatic heterocycles. The van der Waals surface area contributed by atoms with E-state index in [1.165, 1.54) is 0 Å². The summed E-state index contributed by atoms with van der Waals surface area (Å²) in [4.78, 5) is 11.0. The van der Waals surface area contributed by atoms with Gasteiger partial charge in [-0.15, -0.1) is 0 Å². The lowest BCUT2D eigenvalue weighted by Crippen LogP contribution is -2.12. The van der Waals surface area contributed by atoms with Gasteiger partial charge in [0.25, 0.3) is 0 Å². The lowest BCUT2D eigenvalue weighted by atomic mass is 10.1. The van der Waals surface area contributed by atoms with Gasteiger partial charge in [0.2, 0.25) is 5.91 Å². The van der Waals surface area contributed by atoms with Gasteiger partial charge in [-0.25, -0.2) is 0 Å². The molecule has 98 valence electrons. The minimum atomic E-state index is -0.482. The van der Waals surface area contributed by atoms with Crippen LogP contribution in [0.3, 0.4) is 0 Å². The van der Waals surface area contributed by atoms with Crippen LogP contribution in [-0.4, -0.2) is 5.91 Å². The number of primary amides is 1. The van der Waals surface area contributed by atoms with E-state index in [0.29, 0.717) is 17.8 Å². The van der Waals surface area contributed by atoms with Gasteiger partial charge in [-0.1, -0.05) is 34.1 Å². The predicted molar refractivity (Wildman–Crippen MR) is 80.8 cm³/mol. The highest BCUT2D eigenvalue weighted by Crippen LogP contribution is 2.22. The van der Waals surface area contributed by atoms with Crippen molar-refractivity contribution < 1.29 is 4.79 Å². The fourth-order valence-corrected chi connectivity index (χ4v) is 2.13. The smallest absolute Gasteiger partial charge is 0.248 e. The van der Waals surface area contributed by atoms with Crippen molar-refractivity contribution in [3.8, 4) is 0 Å². The highest BCUT2D eigenvalue weighted by Gasteiger charge is 2.05. The number of nitrogens with two attached hydrogens (primary N) is 2. The molecule has 0 radical (unpaired) electrons. The van der Waals surface area contributed by atoms with Crippen molar-refractivity contribution in [2.24, 2.45) is 5.73 Å². The van der Waals surface area contributed by atoms with E-state index in [0.717, 1.165) is 15.7 Å². The number of halogens is 1. The Morgan fingerprint density at radius 1 is 1.21 bits per heavy atom. The lowest BCUT2D eigenvalue weighted by molar-refractivity contribution is 0.100. The van der Waals surface area contributed by atoms with Crippen LogP contribution >= 0.6 is 15.9 Å². The SMILES string of the molecule is NC(=O)c1ccc(NCc2ccccc2Br)c(N)c1. The summed E-state index contributed by atoms with van der Waals surface area (Å²) >= 11 is 3.49. The Labute approximate surface area is 119 Å². The van der Waals surface area contributed by atoms with Gasteiger partial charge in [0.1, 0.15) is 0 Å². The van der Waals surface area contributed by atoms with Gasteiger partial charge < -0.3 is 16.8 Å². The zero-order valence-corrected chi connectivity index (χ0v) is 11.8. The van der Waals surface area contributed by atoms with E-state index in [9.17, 15) is 4.79 Å². The van der Waals surface area contributed by atoms with E-state index in [1.54, 1.807) is 18.2 Å². The fourth-order valence-electron chi connectivity index (χ4n) is 1.71. The first kappa shape index (κ1) is 13.4. The highest BCUT2D eigenvalue weighted by molar-refractivity contribution is 9.10. The molecule has 5 N–H and O–H groups in total. The minimum Gasteiger partial charge on any atom is -0.397 e. The monoisotopic (exact) mass is 319 g/mol. The first-order valence-corrected chi connectivity index (χ1v) is 6.54. The molecule has 0 spiro atoms. The maximum Gasteiger partial charge on any atom is 0.248 e. The molecule has 0 saturated heterocycles. The second kappa shape index (κ2) is 5.75. The van der Waals surface area contributed by atoms with E-state index < -0.39 is 5.91 Å². The van der Waals surface area contributed by atoms with Gasteiger partial charge in [-0.05, 0) is 29.8 Å². The molecule has 0 aliphatic rings. The number of nitrogens with one attached hydrogen (secondary N) is 1. The van der Waals surface area contributed by atoms with Crippen molar-refractivity contribution in [2.75, 3.05) is 11.1 Å². The summed E-state index contributed by atoms with van der Waals surface area (Å²) in [6.45, 7) is 0.640. The second-order valence-electron chi connectivity index (χ2n) is 4.11. The summed E-state index contributed by atoms with van der Waals surface area (Å²) in [5.74, 6) is -0.482. The van der Waals surface area contributed by atoms with Gasteiger partial charge in [0.05, 0.1) is 11.4 Å². The molecule has 2 aromatic rings. The largest absolute Gasteiger partial charge is 0.397 e. The molecule has 1 amide bonds. The van der Waals surface area contributed by atoms with E-state index in [1.807, 2.05) is 24.3 Å². The van der Waals surface area contributed by atoms with Crippen LogP contribution in [0.15, 0.2) is 46.9 Å². The number of rotatable bonds is 4. The molecule has 0 fully saturated rings. The van der Waals surface area contributed by atoms with Crippen LogP contribution in [0.1, 0.15) is 15.9 Å². The summed E-state index contributed by atoms with van der Waals surface area (Å²) in [5.41, 5.74) is 13.9. The molecule has 0 bridgehead atoms. The van der Waals surface area contributed by atoms with E-state index >= 15 is 0 Å². The van der Waals surface area contributed by atoms with Crippen molar-refractivity contribution in [3.05, 3.63) is 58.1 Å². The molecule has 0 heterocycles. The Bertz CT molecular complexity index is 613. The van der Waals surface area contributed by atoms with Gasteiger partial charge in [-0.2, -0.15) is 0 Å². The van der Waals surface area contributed by atoms with Crippen molar-refractivity contribution in [2.45, 2.75) is 6.54 Å². The number of hydrogen-bond donors (Lipinski definition) is 3. The van der Waals surface area contributed by atoms with Crippen molar-refractivity contribution in [3.63, 3.8) is 0 Å². The normalized spacial score (nSPS) is 10.2. The third kappa shape index (κ3) is 3.26. The van der Waals surface area contributed by atoms with E-state index in [2.05, 4.69) is 21.2 Å². The molecular formula is C14H14BrN3O. The number of anilines is 2. The standard InChI is InChI=1S/C14H14BrN3O/c15-11-4-2-1-3-10(11)8-18-13-6-5-9(14(17)19)7-12(13)16/h1-7,18H,8,16H2,(H2,17,19). The summed E-state index contributed by atoms with van der Waals surface area (Å²) in [6.07, 6.45) is 0. The number of carbonyl (C=O) groups excluding carboxylic acids is 1. The Balaban J connectivity index is 2.12. The number of nitrogen functional groups attached to an aromatic ring is 1. The van der Waals surface area contributed by atoms with Crippen LogP contribution < -0.4 is 16.8 Å². The van der Waals surface area contributed by atoms with E-state index in [-0.39, 0.29) is 0 Å². The molecule has 0 aliphatic carbocycles. The molecule has 4 nitrogen and oxygen atoms in total. The summed E-state index contributed by atoms with van der Waals surface area (Å²) in [7, 11) is 0. The number of hydrogen-bond acceptors (Lipinski definition) is 3. The Morgan fingerprint density at radius 3 is 2.58 bits per heavy atom. The van der Waals surface area contributed by atoms with Gasteiger partial charge in [0, 0.05) is 16.6 Å². The first-order valence-electron chi connectivity index (χ1n) is 5.74. The van der Waals surface area contributed by atoms with Crippen molar-refractivity contribution in [1.82, 2.24) is 0 Å². The summed E-state index contributed by atoms with van der Waals surface area (Å²) < 4.78 is 1.04. The van der Waals surface area contributed by atoms with E-state index in [4.69, 9.17) is 11.5 Å². The van der Waals surface area contributed by atoms with Crippen LogP contribution in [0.25, 0.3) is 0 Å². The zero-order chi connectivity index (χ0) is 13.8. The topological polar surface area (TPSA) is 81.1 Å². The average Bonchev–Trinajstić information content (AvgIpc) is 2.39.